The van der Waals surface area contributed by atoms with Gasteiger partial charge < -0.3 is 20.1 Å². The normalized spacial score (nSPS) is 12.8. The quantitative estimate of drug-likeness (QED) is 0.579. The van der Waals surface area contributed by atoms with Crippen molar-refractivity contribution in [3.8, 4) is 11.5 Å². The van der Waals surface area contributed by atoms with Crippen LogP contribution in [-0.2, 0) is 0 Å². The van der Waals surface area contributed by atoms with E-state index in [1.807, 2.05) is 50.2 Å². The Hall–Kier alpha value is -1.73. The first-order chi connectivity index (χ1) is 12.3. The number of urea groups is 1. The third kappa shape index (κ3) is 5.14. The van der Waals surface area contributed by atoms with Crippen molar-refractivity contribution < 1.29 is 14.3 Å². The molecule has 2 atom stereocenters. The summed E-state index contributed by atoms with van der Waals surface area (Å²) in [6.45, 7) is 3.87. The Morgan fingerprint density at radius 2 is 1.23 bits per heavy atom. The van der Waals surface area contributed by atoms with Gasteiger partial charge in [0.25, 0.3) is 0 Å². The largest absolute Gasteiger partial charge is 0.496 e. The fourth-order valence-corrected chi connectivity index (χ4v) is 3.62. The molecule has 0 aliphatic carbocycles. The Labute approximate surface area is 170 Å². The van der Waals surface area contributed by atoms with Gasteiger partial charge in [0, 0.05) is 0 Å². The molecule has 140 valence electrons. The average molecular weight is 486 g/mol. The third-order valence-electron chi connectivity index (χ3n) is 4.05. The van der Waals surface area contributed by atoms with E-state index in [4.69, 9.17) is 9.47 Å². The summed E-state index contributed by atoms with van der Waals surface area (Å²) in [7, 11) is 3.24. The highest BCUT2D eigenvalue weighted by Crippen LogP contribution is 2.29. The smallest absolute Gasteiger partial charge is 0.315 e. The molecule has 26 heavy (non-hydrogen) atoms. The summed E-state index contributed by atoms with van der Waals surface area (Å²) in [4.78, 5) is 12.3. The Balaban J connectivity index is 1.99. The van der Waals surface area contributed by atoms with E-state index in [0.29, 0.717) is 0 Å². The highest BCUT2D eigenvalue weighted by Gasteiger charge is 2.15. The second-order valence-corrected chi connectivity index (χ2v) is 7.56. The molecule has 2 N–H and O–H groups in total. The first-order valence-electron chi connectivity index (χ1n) is 8.09. The van der Waals surface area contributed by atoms with Gasteiger partial charge in [-0.3, -0.25) is 0 Å². The summed E-state index contributed by atoms with van der Waals surface area (Å²) < 4.78 is 12.2. The Kier molecular flexibility index (Phi) is 7.34. The number of methoxy groups -OCH3 is 2. The maximum atomic E-state index is 12.3. The first kappa shape index (κ1) is 20.6. The molecule has 0 heterocycles. The van der Waals surface area contributed by atoms with Crippen LogP contribution >= 0.6 is 31.9 Å². The van der Waals surface area contributed by atoms with Crippen LogP contribution in [0.5, 0.6) is 11.5 Å². The first-order valence-corrected chi connectivity index (χ1v) is 9.68. The van der Waals surface area contributed by atoms with Crippen LogP contribution < -0.4 is 20.1 Å². The minimum atomic E-state index is -0.233. The highest BCUT2D eigenvalue weighted by molar-refractivity contribution is 9.10. The van der Waals surface area contributed by atoms with Crippen molar-refractivity contribution in [1.82, 2.24) is 10.6 Å². The number of rotatable bonds is 6. The number of nitrogens with one attached hydrogen (secondary N) is 2. The van der Waals surface area contributed by atoms with Crippen molar-refractivity contribution in [2.45, 2.75) is 25.9 Å². The number of halogens is 2. The molecule has 0 saturated carbocycles. The van der Waals surface area contributed by atoms with E-state index in [1.165, 1.54) is 0 Å². The molecule has 0 fully saturated rings. The van der Waals surface area contributed by atoms with Gasteiger partial charge in [-0.15, -0.1) is 0 Å². The molecule has 7 heteroatoms. The number of carbonyl (C=O) groups excluding carboxylic acids is 1. The zero-order valence-electron chi connectivity index (χ0n) is 15.1. The van der Waals surface area contributed by atoms with Gasteiger partial charge in [-0.05, 0) is 81.1 Å². The second kappa shape index (κ2) is 9.28. The molecule has 2 unspecified atom stereocenters. The van der Waals surface area contributed by atoms with E-state index < -0.39 is 0 Å². The van der Waals surface area contributed by atoms with Crippen LogP contribution in [0.1, 0.15) is 37.1 Å². The van der Waals surface area contributed by atoms with E-state index in [-0.39, 0.29) is 18.1 Å². The number of carbonyl (C=O) groups is 1. The van der Waals surface area contributed by atoms with Crippen LogP contribution in [0.15, 0.2) is 45.3 Å². The lowest BCUT2D eigenvalue weighted by Gasteiger charge is -2.20. The van der Waals surface area contributed by atoms with Crippen LogP contribution in [0.2, 0.25) is 0 Å². The molecule has 0 aliphatic rings. The summed E-state index contributed by atoms with van der Waals surface area (Å²) in [5.74, 6) is 1.51. The van der Waals surface area contributed by atoms with Gasteiger partial charge in [-0.25, -0.2) is 4.79 Å². The molecule has 2 aromatic rings. The highest BCUT2D eigenvalue weighted by atomic mass is 79.9. The van der Waals surface area contributed by atoms with E-state index in [1.54, 1.807) is 14.2 Å². The lowest BCUT2D eigenvalue weighted by molar-refractivity contribution is 0.235. The summed E-state index contributed by atoms with van der Waals surface area (Å²) >= 11 is 6.93. The fourth-order valence-electron chi connectivity index (χ4n) is 2.51. The molecule has 2 amide bonds. The molecular formula is C19H22Br2N2O3. The number of benzene rings is 2. The van der Waals surface area contributed by atoms with Crippen molar-refractivity contribution in [2.24, 2.45) is 0 Å². The van der Waals surface area contributed by atoms with Gasteiger partial charge in [0.1, 0.15) is 11.5 Å². The van der Waals surface area contributed by atoms with Gasteiger partial charge in [0.15, 0.2) is 0 Å². The summed E-state index contributed by atoms with van der Waals surface area (Å²) in [6, 6.07) is 10.9. The lowest BCUT2D eigenvalue weighted by Crippen LogP contribution is -2.38. The molecule has 2 rings (SSSR count). The van der Waals surface area contributed by atoms with Crippen molar-refractivity contribution in [1.29, 1.82) is 0 Å². The average Bonchev–Trinajstić information content (AvgIpc) is 2.61. The Bertz CT molecular complexity index is 720. The third-order valence-corrected chi connectivity index (χ3v) is 5.29. The lowest BCUT2D eigenvalue weighted by atomic mass is 10.1. The fraction of sp³-hybridized carbons (Fsp3) is 0.316. The van der Waals surface area contributed by atoms with Crippen LogP contribution in [0.25, 0.3) is 0 Å². The van der Waals surface area contributed by atoms with Gasteiger partial charge in [0.2, 0.25) is 0 Å². The number of hydrogen-bond acceptors (Lipinski definition) is 3. The van der Waals surface area contributed by atoms with Crippen LogP contribution in [0.4, 0.5) is 4.79 Å². The zero-order valence-corrected chi connectivity index (χ0v) is 18.3. The number of hydrogen-bond donors (Lipinski definition) is 2. The molecule has 0 radical (unpaired) electrons. The Morgan fingerprint density at radius 3 is 1.54 bits per heavy atom. The molecule has 0 saturated heterocycles. The maximum absolute atomic E-state index is 12.3. The van der Waals surface area contributed by atoms with E-state index in [9.17, 15) is 4.79 Å². The van der Waals surface area contributed by atoms with Crippen LogP contribution in [0, 0.1) is 0 Å². The molecule has 0 spiro atoms. The molecule has 0 aromatic heterocycles. The maximum Gasteiger partial charge on any atom is 0.315 e. The number of amides is 2. The van der Waals surface area contributed by atoms with Crippen LogP contribution in [-0.4, -0.2) is 20.3 Å². The predicted molar refractivity (Wildman–Crippen MR) is 110 cm³/mol. The Morgan fingerprint density at radius 1 is 0.846 bits per heavy atom. The minimum Gasteiger partial charge on any atom is -0.496 e. The topological polar surface area (TPSA) is 59.6 Å². The summed E-state index contributed by atoms with van der Waals surface area (Å²) in [5, 5.41) is 5.90. The summed E-state index contributed by atoms with van der Waals surface area (Å²) in [6.07, 6.45) is 0. The van der Waals surface area contributed by atoms with Gasteiger partial charge in [-0.2, -0.15) is 0 Å². The molecule has 2 aromatic carbocycles. The standard InChI is InChI=1S/C19H22Br2N2O3/c1-11(13-5-7-17(25-3)15(20)9-13)22-19(24)23-12(2)14-6-8-18(26-4)16(21)10-14/h5-12H,1-4H3,(H2,22,23,24). The number of ether oxygens (including phenoxy) is 2. The van der Waals surface area contributed by atoms with E-state index >= 15 is 0 Å². The SMILES string of the molecule is COc1ccc(C(C)NC(=O)NC(C)c2ccc(OC)c(Br)c2)cc1Br. The van der Waals surface area contributed by atoms with E-state index in [2.05, 4.69) is 42.5 Å². The van der Waals surface area contributed by atoms with Gasteiger partial charge >= 0.3 is 6.03 Å². The molecular weight excluding hydrogens is 464 g/mol. The minimum absolute atomic E-state index is 0.146. The monoisotopic (exact) mass is 484 g/mol. The molecule has 5 nitrogen and oxygen atoms in total. The van der Waals surface area contributed by atoms with Crippen LogP contribution in [0.3, 0.4) is 0 Å². The van der Waals surface area contributed by atoms with Gasteiger partial charge in [0.05, 0.1) is 35.2 Å². The van der Waals surface area contributed by atoms with Crippen molar-refractivity contribution in [2.75, 3.05) is 14.2 Å². The zero-order chi connectivity index (χ0) is 19.3. The summed E-state index contributed by atoms with van der Waals surface area (Å²) in [5.41, 5.74) is 1.96. The van der Waals surface area contributed by atoms with Crippen molar-refractivity contribution in [3.63, 3.8) is 0 Å². The van der Waals surface area contributed by atoms with Gasteiger partial charge in [-0.1, -0.05) is 12.1 Å². The predicted octanol–water partition coefficient (Wildman–Crippen LogP) is 5.35. The van der Waals surface area contributed by atoms with Crippen molar-refractivity contribution in [3.05, 3.63) is 56.5 Å². The molecule has 0 bridgehead atoms. The second-order valence-electron chi connectivity index (χ2n) is 5.85. The van der Waals surface area contributed by atoms with E-state index in [0.717, 1.165) is 31.6 Å². The molecule has 0 aliphatic heterocycles. The van der Waals surface area contributed by atoms with Crippen molar-refractivity contribution >= 4 is 37.9 Å².